The van der Waals surface area contributed by atoms with Gasteiger partial charge in [-0.2, -0.15) is 0 Å². The van der Waals surface area contributed by atoms with E-state index in [0.717, 1.165) is 32.1 Å². The Hall–Kier alpha value is -0.120. The van der Waals surface area contributed by atoms with Gasteiger partial charge in [0.2, 0.25) is 0 Å². The number of hydrogen-bond acceptors (Lipinski definition) is 3. The minimum Gasteiger partial charge on any atom is -0.389 e. The number of rotatable bonds is 5. The van der Waals surface area contributed by atoms with E-state index in [1.807, 2.05) is 13.8 Å². The second-order valence-corrected chi connectivity index (χ2v) is 5.67. The summed E-state index contributed by atoms with van der Waals surface area (Å²) in [5.74, 6) is 0.732. The van der Waals surface area contributed by atoms with Crippen LogP contribution in [0.4, 0.5) is 0 Å². The summed E-state index contributed by atoms with van der Waals surface area (Å²) >= 11 is 0. The monoisotopic (exact) mass is 228 g/mol. The van der Waals surface area contributed by atoms with Crippen LogP contribution < -0.4 is 5.32 Å². The molecule has 2 atom stereocenters. The van der Waals surface area contributed by atoms with Crippen LogP contribution in [0.3, 0.4) is 0 Å². The molecule has 1 rings (SSSR count). The molecule has 1 fully saturated rings. The van der Waals surface area contributed by atoms with Crippen molar-refractivity contribution in [2.24, 2.45) is 5.92 Å². The highest BCUT2D eigenvalue weighted by Crippen LogP contribution is 2.21. The Morgan fingerprint density at radius 3 is 2.56 bits per heavy atom. The first-order valence-corrected chi connectivity index (χ1v) is 6.64. The summed E-state index contributed by atoms with van der Waals surface area (Å²) in [4.78, 5) is 2.40. The Morgan fingerprint density at radius 1 is 1.38 bits per heavy atom. The van der Waals surface area contributed by atoms with Crippen LogP contribution in [-0.2, 0) is 0 Å². The highest BCUT2D eigenvalue weighted by molar-refractivity contribution is 4.86. The minimum absolute atomic E-state index is 0.566. The van der Waals surface area contributed by atoms with Crippen LogP contribution in [-0.4, -0.2) is 47.8 Å². The van der Waals surface area contributed by atoms with Crippen molar-refractivity contribution >= 4 is 0 Å². The lowest BCUT2D eigenvalue weighted by Gasteiger charge is -2.40. The molecule has 0 aliphatic carbocycles. The number of likely N-dealkylation sites (tertiary alicyclic amines) is 1. The Bertz CT molecular complexity index is 201. The molecule has 1 heterocycles. The third-order valence-corrected chi connectivity index (χ3v) is 3.42. The molecular formula is C13H28N2O. The van der Waals surface area contributed by atoms with Gasteiger partial charge >= 0.3 is 0 Å². The highest BCUT2D eigenvalue weighted by Gasteiger charge is 2.29. The second-order valence-electron chi connectivity index (χ2n) is 5.67. The number of hydrogen-bond donors (Lipinski definition) is 2. The van der Waals surface area contributed by atoms with Gasteiger partial charge < -0.3 is 15.3 Å². The van der Waals surface area contributed by atoms with Gasteiger partial charge in [-0.25, -0.2) is 0 Å². The summed E-state index contributed by atoms with van der Waals surface area (Å²) in [6, 6.07) is 0.674. The van der Waals surface area contributed by atoms with Crippen LogP contribution in [0, 0.1) is 5.92 Å². The average molecular weight is 228 g/mol. The summed E-state index contributed by atoms with van der Waals surface area (Å²) < 4.78 is 0. The van der Waals surface area contributed by atoms with Crippen LogP contribution in [0.5, 0.6) is 0 Å². The van der Waals surface area contributed by atoms with Crippen molar-refractivity contribution < 1.29 is 5.11 Å². The largest absolute Gasteiger partial charge is 0.389 e. The molecule has 0 spiro atoms. The van der Waals surface area contributed by atoms with Crippen molar-refractivity contribution in [3.05, 3.63) is 0 Å². The van der Waals surface area contributed by atoms with Crippen LogP contribution in [0.1, 0.15) is 40.5 Å². The lowest BCUT2D eigenvalue weighted by molar-refractivity contribution is 0.0152. The van der Waals surface area contributed by atoms with Crippen molar-refractivity contribution in [3.63, 3.8) is 0 Å². The molecular weight excluding hydrogens is 200 g/mol. The zero-order valence-electron chi connectivity index (χ0n) is 11.3. The van der Waals surface area contributed by atoms with Crippen molar-refractivity contribution in [2.75, 3.05) is 26.2 Å². The smallest absolute Gasteiger partial charge is 0.0718 e. The van der Waals surface area contributed by atoms with Crippen molar-refractivity contribution in [2.45, 2.75) is 52.2 Å². The number of nitrogens with zero attached hydrogens (tertiary/aromatic N) is 1. The normalized spacial score (nSPS) is 28.3. The Balaban J connectivity index is 2.45. The van der Waals surface area contributed by atoms with E-state index in [9.17, 15) is 5.11 Å². The predicted molar refractivity (Wildman–Crippen MR) is 68.6 cm³/mol. The first kappa shape index (κ1) is 13.9. The van der Waals surface area contributed by atoms with Crippen molar-refractivity contribution in [1.82, 2.24) is 10.2 Å². The number of β-amino-alcohol motifs (C(OH)–C–C–N with tert-alkyl or cyclic N) is 1. The maximum atomic E-state index is 9.84. The Labute approximate surface area is 100 Å². The van der Waals surface area contributed by atoms with E-state index >= 15 is 0 Å². The van der Waals surface area contributed by atoms with E-state index in [2.05, 4.69) is 24.1 Å². The van der Waals surface area contributed by atoms with E-state index in [1.54, 1.807) is 0 Å². The molecule has 0 aromatic rings. The molecule has 0 amide bonds. The molecule has 0 radical (unpaired) electrons. The molecule has 0 aromatic carbocycles. The fraction of sp³-hybridized carbons (Fsp3) is 1.00. The summed E-state index contributed by atoms with van der Waals surface area (Å²) in [7, 11) is 0. The first-order valence-electron chi connectivity index (χ1n) is 6.64. The number of piperidine rings is 1. The van der Waals surface area contributed by atoms with E-state index in [-0.39, 0.29) is 0 Å². The quantitative estimate of drug-likeness (QED) is 0.748. The Morgan fingerprint density at radius 2 is 2.06 bits per heavy atom. The highest BCUT2D eigenvalue weighted by atomic mass is 16.3. The zero-order chi connectivity index (χ0) is 12.2. The molecule has 0 bridgehead atoms. The molecule has 2 N–H and O–H groups in total. The average Bonchev–Trinajstić information content (AvgIpc) is 2.18. The second kappa shape index (κ2) is 5.99. The zero-order valence-corrected chi connectivity index (χ0v) is 11.3. The van der Waals surface area contributed by atoms with E-state index < -0.39 is 5.60 Å². The molecule has 3 nitrogen and oxygen atoms in total. The van der Waals surface area contributed by atoms with Crippen LogP contribution in [0.15, 0.2) is 0 Å². The third kappa shape index (κ3) is 4.40. The summed E-state index contributed by atoms with van der Waals surface area (Å²) in [5, 5.41) is 13.4. The molecule has 96 valence electrons. The van der Waals surface area contributed by atoms with Gasteiger partial charge in [-0.15, -0.1) is 0 Å². The van der Waals surface area contributed by atoms with Gasteiger partial charge in [0.05, 0.1) is 5.60 Å². The first-order chi connectivity index (χ1) is 7.46. The standard InChI is InChI=1S/C13H28N2O/c1-5-11-9-15(10-13(3,4)16)8-7-12(11)14-6-2/h11-12,14,16H,5-10H2,1-4H3. The van der Waals surface area contributed by atoms with E-state index in [4.69, 9.17) is 0 Å². The van der Waals surface area contributed by atoms with Gasteiger partial charge in [-0.3, -0.25) is 0 Å². The predicted octanol–water partition coefficient (Wildman–Crippen LogP) is 1.47. The van der Waals surface area contributed by atoms with E-state index in [1.165, 1.54) is 12.8 Å². The third-order valence-electron chi connectivity index (χ3n) is 3.42. The summed E-state index contributed by atoms with van der Waals surface area (Å²) in [6.07, 6.45) is 2.43. The molecule has 3 heteroatoms. The van der Waals surface area contributed by atoms with Gasteiger partial charge in [0.25, 0.3) is 0 Å². The van der Waals surface area contributed by atoms with Gasteiger partial charge in [-0.05, 0) is 39.3 Å². The molecule has 1 saturated heterocycles. The molecule has 1 aliphatic heterocycles. The lowest BCUT2D eigenvalue weighted by atomic mass is 9.89. The fourth-order valence-electron chi connectivity index (χ4n) is 2.74. The van der Waals surface area contributed by atoms with Crippen molar-refractivity contribution in [1.29, 1.82) is 0 Å². The maximum absolute atomic E-state index is 9.84. The summed E-state index contributed by atoms with van der Waals surface area (Å²) in [5.41, 5.74) is -0.566. The maximum Gasteiger partial charge on any atom is 0.0718 e. The summed E-state index contributed by atoms with van der Waals surface area (Å²) in [6.45, 7) is 12.3. The van der Waals surface area contributed by atoms with Gasteiger partial charge in [0.1, 0.15) is 0 Å². The lowest BCUT2D eigenvalue weighted by Crippen LogP contribution is -2.52. The SMILES string of the molecule is CCNC1CCN(CC(C)(C)O)CC1CC. The topological polar surface area (TPSA) is 35.5 Å². The van der Waals surface area contributed by atoms with Crippen LogP contribution >= 0.6 is 0 Å². The van der Waals surface area contributed by atoms with E-state index in [0.29, 0.717) is 6.04 Å². The molecule has 0 saturated carbocycles. The number of nitrogens with one attached hydrogen (secondary N) is 1. The van der Waals surface area contributed by atoms with Crippen molar-refractivity contribution in [3.8, 4) is 0 Å². The molecule has 0 aromatic heterocycles. The molecule has 1 aliphatic rings. The van der Waals surface area contributed by atoms with Crippen LogP contribution in [0.2, 0.25) is 0 Å². The number of aliphatic hydroxyl groups is 1. The fourth-order valence-corrected chi connectivity index (χ4v) is 2.74. The van der Waals surface area contributed by atoms with Gasteiger partial charge in [0, 0.05) is 19.1 Å². The molecule has 16 heavy (non-hydrogen) atoms. The van der Waals surface area contributed by atoms with Gasteiger partial charge in [-0.1, -0.05) is 20.3 Å². The Kier molecular flexibility index (Phi) is 5.22. The minimum atomic E-state index is -0.566. The van der Waals surface area contributed by atoms with Gasteiger partial charge in [0.15, 0.2) is 0 Å². The van der Waals surface area contributed by atoms with Crippen LogP contribution in [0.25, 0.3) is 0 Å². The molecule has 2 unspecified atom stereocenters.